The highest BCUT2D eigenvalue weighted by Gasteiger charge is 2.18. The molecule has 144 valence electrons. The molecule has 2 aromatic rings. The molecule has 0 aliphatic carbocycles. The highest BCUT2D eigenvalue weighted by atomic mass is 16.5. The molecule has 1 unspecified atom stereocenters. The number of aromatic nitrogens is 2. The quantitative estimate of drug-likeness (QED) is 0.685. The SMILES string of the molecule is CCN(CC)CCCC(C)n1c(C)nc2c(OC)c(OC)ccc2c1=O. The number of hydrogen-bond acceptors (Lipinski definition) is 5. The normalized spacial score (nSPS) is 12.6. The summed E-state index contributed by atoms with van der Waals surface area (Å²) in [5.74, 6) is 1.78. The summed E-state index contributed by atoms with van der Waals surface area (Å²) in [5.41, 5.74) is 0.532. The summed E-state index contributed by atoms with van der Waals surface area (Å²) < 4.78 is 12.6. The molecule has 1 aromatic heterocycles. The summed E-state index contributed by atoms with van der Waals surface area (Å²) in [4.78, 5) is 20.1. The fourth-order valence-electron chi connectivity index (χ4n) is 3.48. The van der Waals surface area contributed by atoms with Crippen molar-refractivity contribution < 1.29 is 9.47 Å². The van der Waals surface area contributed by atoms with E-state index in [1.54, 1.807) is 30.9 Å². The molecule has 0 aliphatic heterocycles. The Morgan fingerprint density at radius 3 is 2.46 bits per heavy atom. The number of nitrogens with zero attached hydrogens (tertiary/aromatic N) is 3. The van der Waals surface area contributed by atoms with Gasteiger partial charge in [0.1, 0.15) is 11.3 Å². The van der Waals surface area contributed by atoms with E-state index in [1.165, 1.54) is 0 Å². The van der Waals surface area contributed by atoms with Crippen LogP contribution in [0.25, 0.3) is 10.9 Å². The van der Waals surface area contributed by atoms with Crippen LogP contribution in [-0.4, -0.2) is 48.3 Å². The zero-order valence-electron chi connectivity index (χ0n) is 16.8. The molecule has 0 bridgehead atoms. The second kappa shape index (κ2) is 9.03. The van der Waals surface area contributed by atoms with E-state index >= 15 is 0 Å². The Morgan fingerprint density at radius 2 is 1.88 bits per heavy atom. The monoisotopic (exact) mass is 361 g/mol. The lowest BCUT2D eigenvalue weighted by Crippen LogP contribution is -2.28. The van der Waals surface area contributed by atoms with E-state index in [0.29, 0.717) is 28.2 Å². The Morgan fingerprint density at radius 1 is 1.19 bits per heavy atom. The molecule has 0 N–H and O–H groups in total. The maximum atomic E-state index is 13.1. The highest BCUT2D eigenvalue weighted by molar-refractivity contribution is 5.86. The molecule has 6 heteroatoms. The fraction of sp³-hybridized carbons (Fsp3) is 0.600. The van der Waals surface area contributed by atoms with Gasteiger partial charge in [0.25, 0.3) is 5.56 Å². The van der Waals surface area contributed by atoms with Gasteiger partial charge in [0.05, 0.1) is 19.6 Å². The van der Waals surface area contributed by atoms with Gasteiger partial charge in [0, 0.05) is 6.04 Å². The minimum Gasteiger partial charge on any atom is -0.493 e. The Hall–Kier alpha value is -2.08. The van der Waals surface area contributed by atoms with Crippen LogP contribution >= 0.6 is 0 Å². The molecular weight excluding hydrogens is 330 g/mol. The largest absolute Gasteiger partial charge is 0.493 e. The van der Waals surface area contributed by atoms with Crippen LogP contribution in [0.2, 0.25) is 0 Å². The van der Waals surface area contributed by atoms with Crippen LogP contribution in [0, 0.1) is 6.92 Å². The average Bonchev–Trinajstić information content (AvgIpc) is 2.64. The van der Waals surface area contributed by atoms with Crippen LogP contribution in [0.4, 0.5) is 0 Å². The Balaban J connectivity index is 2.35. The molecule has 0 amide bonds. The molecule has 26 heavy (non-hydrogen) atoms. The zero-order chi connectivity index (χ0) is 19.3. The Bertz CT molecular complexity index is 797. The first-order valence-corrected chi connectivity index (χ1v) is 9.34. The number of ether oxygens (including phenoxy) is 2. The van der Waals surface area contributed by atoms with Gasteiger partial charge in [-0.15, -0.1) is 0 Å². The third kappa shape index (κ3) is 4.01. The van der Waals surface area contributed by atoms with Crippen LogP contribution < -0.4 is 15.0 Å². The van der Waals surface area contributed by atoms with Crippen molar-refractivity contribution in [1.29, 1.82) is 0 Å². The summed E-state index contributed by atoms with van der Waals surface area (Å²) >= 11 is 0. The van der Waals surface area contributed by atoms with E-state index in [0.717, 1.165) is 32.5 Å². The second-order valence-corrected chi connectivity index (χ2v) is 6.55. The smallest absolute Gasteiger partial charge is 0.261 e. The van der Waals surface area contributed by atoms with Crippen LogP contribution in [0.15, 0.2) is 16.9 Å². The molecule has 6 nitrogen and oxygen atoms in total. The van der Waals surface area contributed by atoms with Crippen molar-refractivity contribution in [2.75, 3.05) is 33.9 Å². The van der Waals surface area contributed by atoms with E-state index in [9.17, 15) is 4.79 Å². The predicted molar refractivity (Wildman–Crippen MR) is 106 cm³/mol. The second-order valence-electron chi connectivity index (χ2n) is 6.55. The first-order valence-electron chi connectivity index (χ1n) is 9.34. The van der Waals surface area contributed by atoms with Crippen LogP contribution in [0.3, 0.4) is 0 Å². The van der Waals surface area contributed by atoms with Crippen molar-refractivity contribution in [2.24, 2.45) is 0 Å². The minimum absolute atomic E-state index is 0.0243. The summed E-state index contributed by atoms with van der Waals surface area (Å²) in [5, 5.41) is 0.559. The fourth-order valence-corrected chi connectivity index (χ4v) is 3.48. The van der Waals surface area contributed by atoms with Gasteiger partial charge >= 0.3 is 0 Å². The van der Waals surface area contributed by atoms with Crippen LogP contribution in [0.1, 0.15) is 45.5 Å². The van der Waals surface area contributed by atoms with Crippen molar-refractivity contribution in [3.63, 3.8) is 0 Å². The van der Waals surface area contributed by atoms with E-state index in [2.05, 4.69) is 30.7 Å². The predicted octanol–water partition coefficient (Wildman–Crippen LogP) is 3.41. The van der Waals surface area contributed by atoms with Gasteiger partial charge in [0.15, 0.2) is 11.5 Å². The Kier molecular flexibility index (Phi) is 7.03. The molecular formula is C20H31N3O3. The molecule has 0 saturated carbocycles. The topological polar surface area (TPSA) is 56.6 Å². The molecule has 0 fully saturated rings. The number of fused-ring (bicyclic) bond motifs is 1. The number of hydrogen-bond donors (Lipinski definition) is 0. The molecule has 1 atom stereocenters. The van der Waals surface area contributed by atoms with Crippen molar-refractivity contribution in [1.82, 2.24) is 14.5 Å². The standard InChI is InChI=1S/C20H31N3O3/c1-7-22(8-2)13-9-10-14(3)23-15(4)21-18-16(20(23)24)11-12-17(25-5)19(18)26-6/h11-12,14H,7-10,13H2,1-6H3. The van der Waals surface area contributed by atoms with Gasteiger partial charge in [-0.1, -0.05) is 13.8 Å². The van der Waals surface area contributed by atoms with Gasteiger partial charge in [-0.2, -0.15) is 0 Å². The maximum absolute atomic E-state index is 13.1. The van der Waals surface area contributed by atoms with Crippen LogP contribution in [-0.2, 0) is 0 Å². The molecule has 0 spiro atoms. The minimum atomic E-state index is -0.0243. The van der Waals surface area contributed by atoms with E-state index in [4.69, 9.17) is 9.47 Å². The summed E-state index contributed by atoms with van der Waals surface area (Å²) in [6.45, 7) is 11.5. The lowest BCUT2D eigenvalue weighted by Gasteiger charge is -2.22. The van der Waals surface area contributed by atoms with E-state index in [-0.39, 0.29) is 11.6 Å². The van der Waals surface area contributed by atoms with E-state index < -0.39 is 0 Å². The summed E-state index contributed by atoms with van der Waals surface area (Å²) in [7, 11) is 3.14. The van der Waals surface area contributed by atoms with Gasteiger partial charge in [-0.3, -0.25) is 9.36 Å². The summed E-state index contributed by atoms with van der Waals surface area (Å²) in [6.07, 6.45) is 2.00. The first-order chi connectivity index (χ1) is 12.5. The number of benzene rings is 1. The third-order valence-electron chi connectivity index (χ3n) is 5.02. The maximum Gasteiger partial charge on any atom is 0.261 e. The van der Waals surface area contributed by atoms with Gasteiger partial charge in [0.2, 0.25) is 0 Å². The zero-order valence-corrected chi connectivity index (χ0v) is 16.8. The molecule has 1 heterocycles. The van der Waals surface area contributed by atoms with Gasteiger partial charge in [-0.25, -0.2) is 4.98 Å². The lowest BCUT2D eigenvalue weighted by atomic mass is 10.1. The highest BCUT2D eigenvalue weighted by Crippen LogP contribution is 2.33. The van der Waals surface area contributed by atoms with E-state index in [1.807, 2.05) is 6.92 Å². The average molecular weight is 361 g/mol. The number of rotatable bonds is 9. The molecule has 0 saturated heterocycles. The third-order valence-corrected chi connectivity index (χ3v) is 5.02. The molecule has 0 radical (unpaired) electrons. The van der Waals surface area contributed by atoms with Crippen molar-refractivity contribution in [2.45, 2.75) is 46.6 Å². The van der Waals surface area contributed by atoms with Crippen molar-refractivity contribution in [3.8, 4) is 11.5 Å². The lowest BCUT2D eigenvalue weighted by molar-refractivity contribution is 0.287. The first kappa shape index (κ1) is 20.2. The van der Waals surface area contributed by atoms with Crippen molar-refractivity contribution >= 4 is 10.9 Å². The summed E-state index contributed by atoms with van der Waals surface area (Å²) in [6, 6.07) is 3.63. The molecule has 2 rings (SSSR count). The van der Waals surface area contributed by atoms with Gasteiger partial charge in [-0.05, 0) is 58.5 Å². The molecule has 1 aromatic carbocycles. The van der Waals surface area contributed by atoms with Gasteiger partial charge < -0.3 is 14.4 Å². The number of methoxy groups -OCH3 is 2. The van der Waals surface area contributed by atoms with Crippen LogP contribution in [0.5, 0.6) is 11.5 Å². The number of aryl methyl sites for hydroxylation is 1. The van der Waals surface area contributed by atoms with Crippen molar-refractivity contribution in [3.05, 3.63) is 28.3 Å². The molecule has 0 aliphatic rings. The Labute approximate surface area is 155 Å².